The van der Waals surface area contributed by atoms with Crippen LogP contribution in [0.4, 0.5) is 0 Å². The van der Waals surface area contributed by atoms with Crippen LogP contribution < -0.4 is 5.32 Å². The van der Waals surface area contributed by atoms with Crippen molar-refractivity contribution in [2.24, 2.45) is 0 Å². The standard InChI is InChI=1S/C17H20N2/c1-13(17-9-5-6-10-18-17)19-16-11-15(12-16)14-7-3-2-4-8-14/h2-10,13,15-16,19H,11-12H2,1H3/t13-,15?,16?/m1/s1. The molecule has 19 heavy (non-hydrogen) atoms. The van der Waals surface area contributed by atoms with Gasteiger partial charge in [0.15, 0.2) is 0 Å². The van der Waals surface area contributed by atoms with Crippen LogP contribution in [-0.2, 0) is 0 Å². The number of hydrogen-bond donors (Lipinski definition) is 1. The Hall–Kier alpha value is -1.67. The number of benzene rings is 1. The fourth-order valence-corrected chi connectivity index (χ4v) is 2.82. The van der Waals surface area contributed by atoms with Crippen LogP contribution in [0.3, 0.4) is 0 Å². The molecule has 0 saturated heterocycles. The van der Waals surface area contributed by atoms with Gasteiger partial charge in [0.05, 0.1) is 5.69 Å². The molecule has 0 unspecified atom stereocenters. The number of hydrogen-bond acceptors (Lipinski definition) is 2. The largest absolute Gasteiger partial charge is 0.306 e. The third kappa shape index (κ3) is 2.85. The van der Waals surface area contributed by atoms with E-state index < -0.39 is 0 Å². The summed E-state index contributed by atoms with van der Waals surface area (Å²) in [5.74, 6) is 0.731. The highest BCUT2D eigenvalue weighted by atomic mass is 15.0. The lowest BCUT2D eigenvalue weighted by Crippen LogP contribution is -2.41. The molecule has 3 rings (SSSR count). The Morgan fingerprint density at radius 3 is 2.47 bits per heavy atom. The average molecular weight is 252 g/mol. The van der Waals surface area contributed by atoms with Crippen LogP contribution in [0.2, 0.25) is 0 Å². The molecule has 2 nitrogen and oxygen atoms in total. The Balaban J connectivity index is 1.52. The molecule has 1 N–H and O–H groups in total. The summed E-state index contributed by atoms with van der Waals surface area (Å²) in [4.78, 5) is 4.40. The van der Waals surface area contributed by atoms with E-state index in [9.17, 15) is 0 Å². The molecule has 0 amide bonds. The monoisotopic (exact) mass is 252 g/mol. The molecular weight excluding hydrogens is 232 g/mol. The first-order valence-electron chi connectivity index (χ1n) is 7.05. The Morgan fingerprint density at radius 2 is 1.79 bits per heavy atom. The zero-order valence-corrected chi connectivity index (χ0v) is 11.3. The van der Waals surface area contributed by atoms with E-state index >= 15 is 0 Å². The topological polar surface area (TPSA) is 24.9 Å². The number of rotatable bonds is 4. The molecule has 0 bridgehead atoms. The second kappa shape index (κ2) is 5.54. The van der Waals surface area contributed by atoms with Crippen LogP contribution in [0, 0.1) is 0 Å². The quantitative estimate of drug-likeness (QED) is 0.898. The van der Waals surface area contributed by atoms with Crippen molar-refractivity contribution in [3.63, 3.8) is 0 Å². The lowest BCUT2D eigenvalue weighted by Gasteiger charge is -2.38. The minimum Gasteiger partial charge on any atom is -0.306 e. The molecule has 1 fully saturated rings. The van der Waals surface area contributed by atoms with Gasteiger partial charge in [0, 0.05) is 18.3 Å². The van der Waals surface area contributed by atoms with Crippen molar-refractivity contribution in [3.8, 4) is 0 Å². The highest BCUT2D eigenvalue weighted by Crippen LogP contribution is 2.37. The zero-order valence-electron chi connectivity index (χ0n) is 11.3. The predicted molar refractivity (Wildman–Crippen MR) is 78.0 cm³/mol. The van der Waals surface area contributed by atoms with Crippen LogP contribution >= 0.6 is 0 Å². The summed E-state index contributed by atoms with van der Waals surface area (Å²) in [7, 11) is 0. The smallest absolute Gasteiger partial charge is 0.0570 e. The van der Waals surface area contributed by atoms with E-state index in [1.54, 1.807) is 0 Å². The first-order chi connectivity index (χ1) is 9.33. The van der Waals surface area contributed by atoms with Gasteiger partial charge in [0.2, 0.25) is 0 Å². The SMILES string of the molecule is C[C@@H](NC1CC(c2ccccc2)C1)c1ccccn1. The van der Waals surface area contributed by atoms with Gasteiger partial charge in [-0.3, -0.25) is 4.98 Å². The van der Waals surface area contributed by atoms with Gasteiger partial charge in [-0.05, 0) is 43.4 Å². The molecule has 2 aromatic rings. The van der Waals surface area contributed by atoms with Crippen molar-refractivity contribution < 1.29 is 0 Å². The molecule has 1 heterocycles. The van der Waals surface area contributed by atoms with E-state index in [0.29, 0.717) is 12.1 Å². The third-order valence-corrected chi connectivity index (χ3v) is 4.03. The molecular formula is C17H20N2. The van der Waals surface area contributed by atoms with Gasteiger partial charge >= 0.3 is 0 Å². The summed E-state index contributed by atoms with van der Waals surface area (Å²) in [5.41, 5.74) is 2.61. The van der Waals surface area contributed by atoms with Gasteiger partial charge in [0.25, 0.3) is 0 Å². The molecule has 0 radical (unpaired) electrons. The number of pyridine rings is 1. The highest BCUT2D eigenvalue weighted by Gasteiger charge is 2.30. The normalized spacial score (nSPS) is 23.6. The number of nitrogens with zero attached hydrogens (tertiary/aromatic N) is 1. The van der Waals surface area contributed by atoms with Crippen LogP contribution in [-0.4, -0.2) is 11.0 Å². The molecule has 1 atom stereocenters. The van der Waals surface area contributed by atoms with Crippen LogP contribution in [0.25, 0.3) is 0 Å². The van der Waals surface area contributed by atoms with E-state index in [1.165, 1.54) is 18.4 Å². The van der Waals surface area contributed by atoms with Crippen molar-refractivity contribution in [1.29, 1.82) is 0 Å². The van der Waals surface area contributed by atoms with E-state index in [0.717, 1.165) is 11.6 Å². The number of nitrogens with one attached hydrogen (secondary N) is 1. The van der Waals surface area contributed by atoms with Crippen LogP contribution in [0.1, 0.15) is 43.0 Å². The minimum atomic E-state index is 0.336. The van der Waals surface area contributed by atoms with Crippen molar-refractivity contribution in [1.82, 2.24) is 10.3 Å². The van der Waals surface area contributed by atoms with Gasteiger partial charge in [-0.1, -0.05) is 36.4 Å². The van der Waals surface area contributed by atoms with E-state index in [1.807, 2.05) is 18.3 Å². The molecule has 0 aliphatic heterocycles. The summed E-state index contributed by atoms with van der Waals surface area (Å²) in [6, 6.07) is 17.9. The van der Waals surface area contributed by atoms with E-state index in [4.69, 9.17) is 0 Å². The zero-order chi connectivity index (χ0) is 13.1. The summed E-state index contributed by atoms with van der Waals surface area (Å²) >= 11 is 0. The lowest BCUT2D eigenvalue weighted by molar-refractivity contribution is 0.269. The van der Waals surface area contributed by atoms with Crippen LogP contribution in [0.5, 0.6) is 0 Å². The predicted octanol–water partition coefficient (Wildman–Crippen LogP) is 3.68. The Bertz CT molecular complexity index is 503. The average Bonchev–Trinajstić information content (AvgIpc) is 2.44. The Labute approximate surface area is 114 Å². The second-order valence-corrected chi connectivity index (χ2v) is 5.42. The molecule has 1 aliphatic carbocycles. The minimum absolute atomic E-state index is 0.336. The number of aromatic nitrogens is 1. The molecule has 1 aliphatic rings. The van der Waals surface area contributed by atoms with Crippen molar-refractivity contribution in [2.75, 3.05) is 0 Å². The third-order valence-electron chi connectivity index (χ3n) is 4.03. The molecule has 1 aromatic carbocycles. The molecule has 0 spiro atoms. The second-order valence-electron chi connectivity index (χ2n) is 5.42. The summed E-state index contributed by atoms with van der Waals surface area (Å²) in [6.45, 7) is 2.19. The van der Waals surface area contributed by atoms with E-state index in [-0.39, 0.29) is 0 Å². The van der Waals surface area contributed by atoms with Gasteiger partial charge < -0.3 is 5.32 Å². The Kier molecular flexibility index (Phi) is 3.60. The first kappa shape index (κ1) is 12.4. The van der Waals surface area contributed by atoms with Gasteiger partial charge in [0.1, 0.15) is 0 Å². The molecule has 1 saturated carbocycles. The fourth-order valence-electron chi connectivity index (χ4n) is 2.82. The fraction of sp³-hybridized carbons (Fsp3) is 0.353. The Morgan fingerprint density at radius 1 is 1.05 bits per heavy atom. The highest BCUT2D eigenvalue weighted by molar-refractivity contribution is 5.23. The summed E-state index contributed by atoms with van der Waals surface area (Å²) in [6.07, 6.45) is 4.34. The molecule has 2 heteroatoms. The maximum Gasteiger partial charge on any atom is 0.0570 e. The van der Waals surface area contributed by atoms with E-state index in [2.05, 4.69) is 53.6 Å². The summed E-state index contributed by atoms with van der Waals surface area (Å²) < 4.78 is 0. The molecule has 1 aromatic heterocycles. The summed E-state index contributed by atoms with van der Waals surface area (Å²) in [5, 5.41) is 3.67. The van der Waals surface area contributed by atoms with Gasteiger partial charge in [-0.25, -0.2) is 0 Å². The molecule has 98 valence electrons. The maximum absolute atomic E-state index is 4.40. The van der Waals surface area contributed by atoms with Gasteiger partial charge in [-0.15, -0.1) is 0 Å². The lowest BCUT2D eigenvalue weighted by atomic mass is 9.75. The van der Waals surface area contributed by atoms with Crippen molar-refractivity contribution in [2.45, 2.75) is 37.8 Å². The van der Waals surface area contributed by atoms with Crippen LogP contribution in [0.15, 0.2) is 54.7 Å². The maximum atomic E-state index is 4.40. The van der Waals surface area contributed by atoms with Crippen molar-refractivity contribution >= 4 is 0 Å². The van der Waals surface area contributed by atoms with Gasteiger partial charge in [-0.2, -0.15) is 0 Å². The first-order valence-corrected chi connectivity index (χ1v) is 7.05. The van der Waals surface area contributed by atoms with Crippen molar-refractivity contribution in [3.05, 3.63) is 66.0 Å².